The maximum Gasteiger partial charge on any atom is 0.341 e. The number of benzene rings is 1. The number of hydrogen-bond donors (Lipinski definition) is 1. The third kappa shape index (κ3) is 3.49. The summed E-state index contributed by atoms with van der Waals surface area (Å²) >= 11 is 1.34. The van der Waals surface area contributed by atoms with Crippen LogP contribution in [0.25, 0.3) is 11.1 Å². The average Bonchev–Trinajstić information content (AvgIpc) is 2.92. The number of carbonyl (C=O) groups excluding carboxylic acids is 2. The molecule has 21 heavy (non-hydrogen) atoms. The lowest BCUT2D eigenvalue weighted by molar-refractivity contribution is -0.115. The van der Waals surface area contributed by atoms with Crippen molar-refractivity contribution in [1.82, 2.24) is 0 Å². The molecule has 1 amide bonds. The van der Waals surface area contributed by atoms with Crippen molar-refractivity contribution in [2.24, 2.45) is 0 Å². The van der Waals surface area contributed by atoms with Gasteiger partial charge in [0.15, 0.2) is 0 Å². The quantitative estimate of drug-likeness (QED) is 0.851. The molecule has 1 heterocycles. The molecule has 0 atom stereocenters. The SMILES string of the molecule is CCOC(=O)c1c(-c2ccccc2)csc1NC(=O)CC. The van der Waals surface area contributed by atoms with Gasteiger partial charge in [0.25, 0.3) is 0 Å². The summed E-state index contributed by atoms with van der Waals surface area (Å²) in [5.41, 5.74) is 2.13. The van der Waals surface area contributed by atoms with Crippen LogP contribution >= 0.6 is 11.3 Å². The van der Waals surface area contributed by atoms with E-state index in [4.69, 9.17) is 4.74 Å². The molecule has 0 aliphatic rings. The summed E-state index contributed by atoms with van der Waals surface area (Å²) in [4.78, 5) is 23.8. The summed E-state index contributed by atoms with van der Waals surface area (Å²) in [7, 11) is 0. The highest BCUT2D eigenvalue weighted by molar-refractivity contribution is 7.15. The lowest BCUT2D eigenvalue weighted by Gasteiger charge is -2.08. The van der Waals surface area contributed by atoms with Gasteiger partial charge in [-0.15, -0.1) is 11.3 Å². The van der Waals surface area contributed by atoms with Crippen molar-refractivity contribution >= 4 is 28.2 Å². The fraction of sp³-hybridized carbons (Fsp3) is 0.250. The average molecular weight is 303 g/mol. The van der Waals surface area contributed by atoms with Gasteiger partial charge in [-0.05, 0) is 12.5 Å². The topological polar surface area (TPSA) is 55.4 Å². The molecule has 5 heteroatoms. The number of carbonyl (C=O) groups is 2. The predicted octanol–water partition coefficient (Wildman–Crippen LogP) is 3.94. The zero-order valence-corrected chi connectivity index (χ0v) is 12.8. The summed E-state index contributed by atoms with van der Waals surface area (Å²) in [6.07, 6.45) is 0.362. The van der Waals surface area contributed by atoms with Gasteiger partial charge >= 0.3 is 5.97 Å². The van der Waals surface area contributed by atoms with Gasteiger partial charge in [-0.25, -0.2) is 4.79 Å². The summed E-state index contributed by atoms with van der Waals surface area (Å²) in [6, 6.07) is 9.59. The third-order valence-electron chi connectivity index (χ3n) is 2.93. The zero-order chi connectivity index (χ0) is 15.2. The Kier molecular flexibility index (Phi) is 5.11. The number of thiophene rings is 1. The first kappa shape index (κ1) is 15.3. The molecule has 0 saturated heterocycles. The molecular formula is C16H17NO3S. The molecule has 2 rings (SSSR count). The van der Waals surface area contributed by atoms with Crippen LogP contribution in [-0.2, 0) is 9.53 Å². The van der Waals surface area contributed by atoms with E-state index in [1.807, 2.05) is 35.7 Å². The number of esters is 1. The molecule has 0 aliphatic carbocycles. The van der Waals surface area contributed by atoms with E-state index in [2.05, 4.69) is 5.32 Å². The van der Waals surface area contributed by atoms with Gasteiger partial charge in [0, 0.05) is 17.4 Å². The van der Waals surface area contributed by atoms with E-state index in [1.165, 1.54) is 11.3 Å². The summed E-state index contributed by atoms with van der Waals surface area (Å²) in [5, 5.41) is 5.18. The van der Waals surface area contributed by atoms with Crippen LogP contribution in [0.3, 0.4) is 0 Å². The van der Waals surface area contributed by atoms with E-state index in [1.54, 1.807) is 13.8 Å². The third-order valence-corrected chi connectivity index (χ3v) is 3.82. The molecule has 0 spiro atoms. The fourth-order valence-electron chi connectivity index (χ4n) is 1.90. The molecule has 1 aromatic heterocycles. The van der Waals surface area contributed by atoms with Gasteiger partial charge in [-0.3, -0.25) is 4.79 Å². The molecule has 0 aliphatic heterocycles. The molecule has 1 aromatic carbocycles. The van der Waals surface area contributed by atoms with Crippen LogP contribution in [-0.4, -0.2) is 18.5 Å². The summed E-state index contributed by atoms with van der Waals surface area (Å²) in [6.45, 7) is 3.83. The molecule has 0 saturated carbocycles. The minimum atomic E-state index is -0.413. The smallest absolute Gasteiger partial charge is 0.341 e. The van der Waals surface area contributed by atoms with Crippen LogP contribution in [0.2, 0.25) is 0 Å². The van der Waals surface area contributed by atoms with Crippen LogP contribution in [0, 0.1) is 0 Å². The van der Waals surface area contributed by atoms with Gasteiger partial charge in [0.05, 0.1) is 6.61 Å². The van der Waals surface area contributed by atoms with Crippen molar-refractivity contribution in [2.45, 2.75) is 20.3 Å². The van der Waals surface area contributed by atoms with Crippen molar-refractivity contribution in [3.63, 3.8) is 0 Å². The van der Waals surface area contributed by atoms with Crippen molar-refractivity contribution < 1.29 is 14.3 Å². The zero-order valence-electron chi connectivity index (χ0n) is 12.0. The van der Waals surface area contributed by atoms with Crippen molar-refractivity contribution in [1.29, 1.82) is 0 Å². The van der Waals surface area contributed by atoms with Crippen LogP contribution in [0.4, 0.5) is 5.00 Å². The Bertz CT molecular complexity index is 634. The monoisotopic (exact) mass is 303 g/mol. The molecule has 0 radical (unpaired) electrons. The molecule has 0 unspecified atom stereocenters. The standard InChI is InChI=1S/C16H17NO3S/c1-3-13(18)17-15-14(16(19)20-4-2)12(10-21-15)11-8-6-5-7-9-11/h5-10H,3-4H2,1-2H3,(H,17,18). The van der Waals surface area contributed by atoms with E-state index in [0.29, 0.717) is 23.6 Å². The number of hydrogen-bond acceptors (Lipinski definition) is 4. The van der Waals surface area contributed by atoms with E-state index in [9.17, 15) is 9.59 Å². The van der Waals surface area contributed by atoms with Gasteiger partial charge in [0.1, 0.15) is 10.6 Å². The number of anilines is 1. The van der Waals surface area contributed by atoms with Crippen LogP contribution < -0.4 is 5.32 Å². The molecule has 2 aromatic rings. The summed E-state index contributed by atoms with van der Waals surface area (Å²) in [5.74, 6) is -0.536. The maximum atomic E-state index is 12.2. The second kappa shape index (κ2) is 7.04. The van der Waals surface area contributed by atoms with E-state index in [-0.39, 0.29) is 5.91 Å². The van der Waals surface area contributed by atoms with Gasteiger partial charge in [0.2, 0.25) is 5.91 Å². The molecular weight excluding hydrogens is 286 g/mol. The van der Waals surface area contributed by atoms with Crippen LogP contribution in [0.1, 0.15) is 30.6 Å². The number of ether oxygens (including phenoxy) is 1. The van der Waals surface area contributed by atoms with Gasteiger partial charge in [-0.2, -0.15) is 0 Å². The minimum Gasteiger partial charge on any atom is -0.462 e. The first-order valence-electron chi connectivity index (χ1n) is 6.81. The van der Waals surface area contributed by atoms with Crippen molar-refractivity contribution in [2.75, 3.05) is 11.9 Å². The van der Waals surface area contributed by atoms with Gasteiger partial charge < -0.3 is 10.1 Å². The Hall–Kier alpha value is -2.14. The minimum absolute atomic E-state index is 0.123. The molecule has 4 nitrogen and oxygen atoms in total. The van der Waals surface area contributed by atoms with Gasteiger partial charge in [-0.1, -0.05) is 37.3 Å². The normalized spacial score (nSPS) is 10.2. The largest absolute Gasteiger partial charge is 0.462 e. The lowest BCUT2D eigenvalue weighted by Crippen LogP contribution is -2.13. The Morgan fingerprint density at radius 1 is 1.19 bits per heavy atom. The van der Waals surface area contributed by atoms with E-state index in [0.717, 1.165) is 11.1 Å². The summed E-state index contributed by atoms with van der Waals surface area (Å²) < 4.78 is 5.12. The molecule has 0 bridgehead atoms. The molecule has 1 N–H and O–H groups in total. The Labute approximate surface area is 127 Å². The number of nitrogens with one attached hydrogen (secondary N) is 1. The number of rotatable bonds is 5. The molecule has 110 valence electrons. The lowest BCUT2D eigenvalue weighted by atomic mass is 10.0. The van der Waals surface area contributed by atoms with Crippen LogP contribution in [0.15, 0.2) is 35.7 Å². The first-order valence-corrected chi connectivity index (χ1v) is 7.69. The highest BCUT2D eigenvalue weighted by atomic mass is 32.1. The van der Waals surface area contributed by atoms with Crippen molar-refractivity contribution in [3.8, 4) is 11.1 Å². The predicted molar refractivity (Wildman–Crippen MR) is 84.6 cm³/mol. The van der Waals surface area contributed by atoms with E-state index >= 15 is 0 Å². The highest BCUT2D eigenvalue weighted by Gasteiger charge is 2.22. The second-order valence-electron chi connectivity index (χ2n) is 4.34. The van der Waals surface area contributed by atoms with Crippen molar-refractivity contribution in [3.05, 3.63) is 41.3 Å². The Balaban J connectivity index is 2.46. The number of amides is 1. The van der Waals surface area contributed by atoms with Crippen LogP contribution in [0.5, 0.6) is 0 Å². The van der Waals surface area contributed by atoms with E-state index < -0.39 is 5.97 Å². The fourth-order valence-corrected chi connectivity index (χ4v) is 2.87. The highest BCUT2D eigenvalue weighted by Crippen LogP contribution is 2.36. The maximum absolute atomic E-state index is 12.2. The Morgan fingerprint density at radius 3 is 2.52 bits per heavy atom. The molecule has 0 fully saturated rings. The Morgan fingerprint density at radius 2 is 1.90 bits per heavy atom. The first-order chi connectivity index (χ1) is 10.2. The second-order valence-corrected chi connectivity index (χ2v) is 5.22.